The fourth-order valence-electron chi connectivity index (χ4n) is 3.69. The van der Waals surface area contributed by atoms with Crippen LogP contribution in [0.1, 0.15) is 17.2 Å². The number of ether oxygens (including phenoxy) is 1. The van der Waals surface area contributed by atoms with Gasteiger partial charge in [0.2, 0.25) is 6.33 Å². The third-order valence-corrected chi connectivity index (χ3v) is 5.44. The topological polar surface area (TPSA) is 90.3 Å². The highest BCUT2D eigenvalue weighted by Crippen LogP contribution is 2.27. The first-order valence-corrected chi connectivity index (χ1v) is 10.9. The van der Waals surface area contributed by atoms with E-state index in [1.54, 1.807) is 29.2 Å². The fourth-order valence-corrected chi connectivity index (χ4v) is 3.69. The van der Waals surface area contributed by atoms with Gasteiger partial charge in [0.25, 0.3) is 11.6 Å². The van der Waals surface area contributed by atoms with Gasteiger partial charge in [-0.25, -0.2) is 13.5 Å². The molecule has 9 heteroatoms. The lowest BCUT2D eigenvalue weighted by molar-refractivity contribution is -0.683. The number of carbonyl (C=O) groups excluding carboxylic acids is 1. The summed E-state index contributed by atoms with van der Waals surface area (Å²) in [6.07, 6.45) is 5.06. The van der Waals surface area contributed by atoms with E-state index in [1.807, 2.05) is 42.0 Å². The van der Waals surface area contributed by atoms with Crippen molar-refractivity contribution in [3.8, 4) is 5.75 Å². The number of hydrogen-bond donors (Lipinski definition) is 1. The molecule has 4 aromatic rings. The Labute approximate surface area is 201 Å². The molecule has 8 nitrogen and oxygen atoms in total. The Morgan fingerprint density at radius 3 is 2.51 bits per heavy atom. The van der Waals surface area contributed by atoms with E-state index >= 15 is 0 Å². The minimum absolute atomic E-state index is 0.00448. The van der Waals surface area contributed by atoms with Gasteiger partial charge >= 0.3 is 0 Å². The highest BCUT2D eigenvalue weighted by atomic mass is 19.1. The number of hydrogen-bond acceptors (Lipinski definition) is 4. The first-order chi connectivity index (χ1) is 16.9. The molecule has 0 radical (unpaired) electrons. The third-order valence-electron chi connectivity index (χ3n) is 5.44. The minimum Gasteiger partial charge on any atom is -0.482 e. The number of amides is 1. The standard InChI is InChI=1S/C26H23FN4O4/c1-19-4-2-3-5-24(19)25(35-23-12-10-22(11-13-23)31(33)34)16-29-14-15-30(18-29)17-26(32)28-21-8-6-20(27)7-9-21/h2-15,18,25H,16-17H2,1H3/p+1. The molecule has 35 heavy (non-hydrogen) atoms. The molecular weight excluding hydrogens is 451 g/mol. The predicted octanol–water partition coefficient (Wildman–Crippen LogP) is 4.59. The Bertz CT molecular complexity index is 1320. The second kappa shape index (κ2) is 10.6. The second-order valence-corrected chi connectivity index (χ2v) is 8.05. The van der Waals surface area contributed by atoms with Crippen molar-refractivity contribution in [3.05, 3.63) is 119 Å². The SMILES string of the molecule is Cc1ccccc1C(Cn1cc[n+](CC(=O)Nc2ccc(F)cc2)c1)Oc1ccc([N+](=O)[O-])cc1. The molecule has 1 amide bonds. The number of anilines is 1. The molecule has 0 aliphatic rings. The van der Waals surface area contributed by atoms with Crippen molar-refractivity contribution < 1.29 is 23.4 Å². The van der Waals surface area contributed by atoms with Gasteiger partial charge in [-0.1, -0.05) is 24.3 Å². The molecule has 0 bridgehead atoms. The maximum absolute atomic E-state index is 13.1. The highest BCUT2D eigenvalue weighted by Gasteiger charge is 2.21. The van der Waals surface area contributed by atoms with E-state index < -0.39 is 4.92 Å². The second-order valence-electron chi connectivity index (χ2n) is 8.05. The molecule has 4 rings (SSSR count). The van der Waals surface area contributed by atoms with E-state index in [0.29, 0.717) is 18.0 Å². The zero-order valence-corrected chi connectivity index (χ0v) is 19.0. The Hall–Kier alpha value is -4.53. The predicted molar refractivity (Wildman–Crippen MR) is 127 cm³/mol. The number of nitro benzene ring substituents is 1. The van der Waals surface area contributed by atoms with Gasteiger partial charge in [-0.05, 0) is 54.4 Å². The molecular formula is C26H24FN4O4+. The van der Waals surface area contributed by atoms with Crippen molar-refractivity contribution in [2.75, 3.05) is 5.32 Å². The summed E-state index contributed by atoms with van der Waals surface area (Å²) in [4.78, 5) is 22.9. The lowest BCUT2D eigenvalue weighted by Gasteiger charge is -2.19. The van der Waals surface area contributed by atoms with Gasteiger partial charge in [0.15, 0.2) is 12.6 Å². The van der Waals surface area contributed by atoms with Crippen LogP contribution >= 0.6 is 0 Å². The number of halogens is 1. The monoisotopic (exact) mass is 475 g/mol. The zero-order valence-electron chi connectivity index (χ0n) is 19.0. The molecule has 1 aromatic heterocycles. The molecule has 1 N–H and O–H groups in total. The van der Waals surface area contributed by atoms with E-state index in [4.69, 9.17) is 4.74 Å². The molecule has 178 valence electrons. The number of nitrogens with one attached hydrogen (secondary N) is 1. The van der Waals surface area contributed by atoms with Crippen molar-refractivity contribution in [1.82, 2.24) is 4.57 Å². The maximum atomic E-state index is 13.1. The highest BCUT2D eigenvalue weighted by molar-refractivity contribution is 5.89. The largest absolute Gasteiger partial charge is 0.482 e. The van der Waals surface area contributed by atoms with Crippen LogP contribution in [0.3, 0.4) is 0 Å². The van der Waals surface area contributed by atoms with Gasteiger partial charge in [-0.15, -0.1) is 0 Å². The molecule has 0 aliphatic heterocycles. The molecule has 1 atom stereocenters. The summed E-state index contributed by atoms with van der Waals surface area (Å²) in [6, 6.07) is 19.4. The van der Waals surface area contributed by atoms with Gasteiger partial charge in [-0.3, -0.25) is 14.9 Å². The number of carbonyl (C=O) groups is 1. The van der Waals surface area contributed by atoms with Crippen molar-refractivity contribution in [2.24, 2.45) is 0 Å². The average molecular weight is 476 g/mol. The first-order valence-electron chi connectivity index (χ1n) is 10.9. The van der Waals surface area contributed by atoms with Crippen LogP contribution in [0.2, 0.25) is 0 Å². The average Bonchev–Trinajstić information content (AvgIpc) is 3.27. The molecule has 0 saturated heterocycles. The molecule has 3 aromatic carbocycles. The number of benzene rings is 3. The first kappa shape index (κ1) is 23.6. The summed E-state index contributed by atoms with van der Waals surface area (Å²) in [5.41, 5.74) is 2.56. The van der Waals surface area contributed by atoms with Gasteiger partial charge in [-0.2, -0.15) is 0 Å². The number of aryl methyl sites for hydroxylation is 1. The molecule has 1 unspecified atom stereocenters. The summed E-state index contributed by atoms with van der Waals surface area (Å²) in [5, 5.41) is 13.7. The summed E-state index contributed by atoms with van der Waals surface area (Å²) < 4.78 is 22.9. The van der Waals surface area contributed by atoms with Crippen molar-refractivity contribution in [3.63, 3.8) is 0 Å². The molecule has 0 aliphatic carbocycles. The van der Waals surface area contributed by atoms with Crippen molar-refractivity contribution in [1.29, 1.82) is 0 Å². The molecule has 1 heterocycles. The van der Waals surface area contributed by atoms with Gasteiger partial charge < -0.3 is 10.1 Å². The summed E-state index contributed by atoms with van der Waals surface area (Å²) in [7, 11) is 0. The lowest BCUT2D eigenvalue weighted by atomic mass is 10.0. The third kappa shape index (κ3) is 6.29. The van der Waals surface area contributed by atoms with Crippen molar-refractivity contribution in [2.45, 2.75) is 26.1 Å². The van der Waals surface area contributed by atoms with E-state index in [9.17, 15) is 19.3 Å². The van der Waals surface area contributed by atoms with E-state index in [0.717, 1.165) is 11.1 Å². The fraction of sp³-hybridized carbons (Fsp3) is 0.154. The Kier molecular flexibility index (Phi) is 7.15. The van der Waals surface area contributed by atoms with E-state index in [-0.39, 0.29) is 30.1 Å². The van der Waals surface area contributed by atoms with Gasteiger partial charge in [0, 0.05) is 17.8 Å². The van der Waals surface area contributed by atoms with E-state index in [1.165, 1.54) is 36.4 Å². The number of nitrogens with zero attached hydrogens (tertiary/aromatic N) is 3. The number of non-ortho nitro benzene ring substituents is 1. The van der Waals surface area contributed by atoms with Gasteiger partial charge in [0.05, 0.1) is 4.92 Å². The maximum Gasteiger partial charge on any atom is 0.269 e. The van der Waals surface area contributed by atoms with Crippen LogP contribution in [0.4, 0.5) is 15.8 Å². The lowest BCUT2D eigenvalue weighted by Crippen LogP contribution is -2.38. The summed E-state index contributed by atoms with van der Waals surface area (Å²) in [6.45, 7) is 2.54. The van der Waals surface area contributed by atoms with Crippen LogP contribution in [0.15, 0.2) is 91.5 Å². The zero-order chi connectivity index (χ0) is 24.8. The summed E-state index contributed by atoms with van der Waals surface area (Å²) >= 11 is 0. The number of nitro groups is 1. The quantitative estimate of drug-likeness (QED) is 0.218. The van der Waals surface area contributed by atoms with Gasteiger partial charge in [0.1, 0.15) is 30.5 Å². The normalized spacial score (nSPS) is 11.6. The molecule has 0 fully saturated rings. The minimum atomic E-state index is -0.451. The van der Waals surface area contributed by atoms with Crippen LogP contribution in [0.25, 0.3) is 0 Å². The van der Waals surface area contributed by atoms with Crippen LogP contribution in [0, 0.1) is 22.9 Å². The Morgan fingerprint density at radius 2 is 1.83 bits per heavy atom. The Balaban J connectivity index is 1.47. The molecule has 0 spiro atoms. The van der Waals surface area contributed by atoms with Crippen LogP contribution in [-0.2, 0) is 17.9 Å². The van der Waals surface area contributed by atoms with Crippen LogP contribution in [0.5, 0.6) is 5.75 Å². The number of imidazole rings is 1. The van der Waals surface area contributed by atoms with E-state index in [2.05, 4.69) is 5.32 Å². The van der Waals surface area contributed by atoms with Crippen LogP contribution in [-0.4, -0.2) is 15.4 Å². The number of rotatable bonds is 9. The smallest absolute Gasteiger partial charge is 0.269 e. The van der Waals surface area contributed by atoms with Crippen molar-refractivity contribution >= 4 is 17.3 Å². The Morgan fingerprint density at radius 1 is 1.11 bits per heavy atom. The number of aromatic nitrogens is 2. The molecule has 0 saturated carbocycles. The van der Waals surface area contributed by atoms with Crippen LogP contribution < -0.4 is 14.6 Å². The summed E-state index contributed by atoms with van der Waals surface area (Å²) in [5.74, 6) is -0.0897.